The molecule has 0 spiro atoms. The van der Waals surface area contributed by atoms with E-state index in [-0.39, 0.29) is 5.91 Å². The van der Waals surface area contributed by atoms with Gasteiger partial charge in [-0.25, -0.2) is 4.79 Å². The van der Waals surface area contributed by atoms with Gasteiger partial charge in [0.15, 0.2) is 0 Å². The van der Waals surface area contributed by atoms with E-state index in [9.17, 15) is 14.7 Å². The summed E-state index contributed by atoms with van der Waals surface area (Å²) in [6.45, 7) is 2.27. The van der Waals surface area contributed by atoms with Crippen LogP contribution < -0.4 is 0 Å². The highest BCUT2D eigenvalue weighted by molar-refractivity contribution is 5.91. The second-order valence-electron chi connectivity index (χ2n) is 8.53. The fourth-order valence-corrected chi connectivity index (χ4v) is 4.60. The summed E-state index contributed by atoms with van der Waals surface area (Å²) >= 11 is 0. The summed E-state index contributed by atoms with van der Waals surface area (Å²) in [6.07, 6.45) is 1.92. The average molecular weight is 443 g/mol. The standard InChI is InChI=1S/C28H30N2O3/c31-27(26(23-14-6-2-7-15-23)24-16-8-3-9-17-24)30-20-19-29(21-25(30)28(32)33)18-10-13-22-11-4-1-5-12-22/h1-9,11-12,14-17,25-26H,10,13,18-21H2,(H,32,33). The molecule has 33 heavy (non-hydrogen) atoms. The van der Waals surface area contributed by atoms with Crippen molar-refractivity contribution in [1.82, 2.24) is 9.80 Å². The van der Waals surface area contributed by atoms with Gasteiger partial charge in [0.05, 0.1) is 5.92 Å². The van der Waals surface area contributed by atoms with Crippen molar-refractivity contribution < 1.29 is 14.7 Å². The fourth-order valence-electron chi connectivity index (χ4n) is 4.60. The van der Waals surface area contributed by atoms with Crippen LogP contribution in [0.2, 0.25) is 0 Å². The minimum Gasteiger partial charge on any atom is -0.480 e. The number of aliphatic carboxylic acids is 1. The zero-order valence-corrected chi connectivity index (χ0v) is 18.7. The van der Waals surface area contributed by atoms with E-state index in [2.05, 4.69) is 17.0 Å². The molecule has 170 valence electrons. The molecular weight excluding hydrogens is 412 g/mol. The van der Waals surface area contributed by atoms with Crippen molar-refractivity contribution in [1.29, 1.82) is 0 Å². The molecule has 3 aromatic rings. The Morgan fingerprint density at radius 1 is 0.818 bits per heavy atom. The van der Waals surface area contributed by atoms with Gasteiger partial charge in [0.2, 0.25) is 5.91 Å². The number of carboxylic acid groups (broad SMARTS) is 1. The minimum atomic E-state index is -0.948. The van der Waals surface area contributed by atoms with Crippen LogP contribution in [0.1, 0.15) is 29.0 Å². The number of hydrogen-bond donors (Lipinski definition) is 1. The van der Waals surface area contributed by atoms with Crippen LogP contribution in [0.5, 0.6) is 0 Å². The van der Waals surface area contributed by atoms with Crippen LogP contribution >= 0.6 is 0 Å². The van der Waals surface area contributed by atoms with Crippen molar-refractivity contribution in [2.24, 2.45) is 0 Å². The predicted octanol–water partition coefficient (Wildman–Crippen LogP) is 4.05. The highest BCUT2D eigenvalue weighted by atomic mass is 16.4. The Kier molecular flexibility index (Phi) is 7.53. The molecule has 1 unspecified atom stereocenters. The van der Waals surface area contributed by atoms with E-state index in [1.807, 2.05) is 78.9 Å². The molecule has 5 heteroatoms. The zero-order valence-electron chi connectivity index (χ0n) is 18.7. The number of nitrogens with zero attached hydrogens (tertiary/aromatic N) is 2. The summed E-state index contributed by atoms with van der Waals surface area (Å²) in [6, 6.07) is 28.7. The highest BCUT2D eigenvalue weighted by Crippen LogP contribution is 2.28. The Labute approximate surface area is 195 Å². The van der Waals surface area contributed by atoms with E-state index in [4.69, 9.17) is 0 Å². The molecule has 0 radical (unpaired) electrons. The summed E-state index contributed by atoms with van der Waals surface area (Å²) in [4.78, 5) is 29.7. The van der Waals surface area contributed by atoms with Gasteiger partial charge in [-0.1, -0.05) is 91.0 Å². The first kappa shape index (κ1) is 22.7. The molecule has 1 N–H and O–H groups in total. The number of carboxylic acids is 1. The number of rotatable bonds is 8. The van der Waals surface area contributed by atoms with Gasteiger partial charge in [-0.05, 0) is 36.1 Å². The maximum absolute atomic E-state index is 13.8. The van der Waals surface area contributed by atoms with Crippen LogP contribution in [0.25, 0.3) is 0 Å². The summed E-state index contributed by atoms with van der Waals surface area (Å²) in [5, 5.41) is 9.98. The Bertz CT molecular complexity index is 1000. The maximum Gasteiger partial charge on any atom is 0.327 e. The van der Waals surface area contributed by atoms with Gasteiger partial charge in [0.25, 0.3) is 0 Å². The molecule has 0 aromatic heterocycles. The first-order valence-electron chi connectivity index (χ1n) is 11.5. The molecule has 1 atom stereocenters. The lowest BCUT2D eigenvalue weighted by Gasteiger charge is -2.41. The van der Waals surface area contributed by atoms with Gasteiger partial charge in [0, 0.05) is 19.6 Å². The number of hydrogen-bond acceptors (Lipinski definition) is 3. The lowest BCUT2D eigenvalue weighted by molar-refractivity contribution is -0.154. The van der Waals surface area contributed by atoms with Gasteiger partial charge in [0.1, 0.15) is 6.04 Å². The lowest BCUT2D eigenvalue weighted by Crippen LogP contribution is -2.59. The average Bonchev–Trinajstić information content (AvgIpc) is 2.86. The van der Waals surface area contributed by atoms with Crippen LogP contribution in [-0.4, -0.2) is 59.0 Å². The second kappa shape index (κ2) is 10.9. The Balaban J connectivity index is 1.47. The predicted molar refractivity (Wildman–Crippen MR) is 129 cm³/mol. The lowest BCUT2D eigenvalue weighted by atomic mass is 9.89. The summed E-state index contributed by atoms with van der Waals surface area (Å²) in [7, 11) is 0. The topological polar surface area (TPSA) is 60.9 Å². The number of benzene rings is 3. The van der Waals surface area contributed by atoms with Crippen molar-refractivity contribution in [2.75, 3.05) is 26.2 Å². The number of amides is 1. The van der Waals surface area contributed by atoms with E-state index in [1.54, 1.807) is 4.90 Å². The molecular formula is C28H30N2O3. The van der Waals surface area contributed by atoms with Crippen molar-refractivity contribution in [3.05, 3.63) is 108 Å². The van der Waals surface area contributed by atoms with Gasteiger partial charge >= 0.3 is 5.97 Å². The fraction of sp³-hybridized carbons (Fsp3) is 0.286. The zero-order chi connectivity index (χ0) is 23.0. The second-order valence-corrected chi connectivity index (χ2v) is 8.53. The molecule has 3 aromatic carbocycles. The summed E-state index contributed by atoms with van der Waals surface area (Å²) < 4.78 is 0. The first-order valence-corrected chi connectivity index (χ1v) is 11.5. The van der Waals surface area contributed by atoms with Crippen LogP contribution in [0, 0.1) is 0 Å². The SMILES string of the molecule is O=C(O)C1CN(CCCc2ccccc2)CCN1C(=O)C(c1ccccc1)c1ccccc1. The Hall–Kier alpha value is -3.44. The molecule has 4 rings (SSSR count). The van der Waals surface area contributed by atoms with Crippen molar-refractivity contribution in [3.63, 3.8) is 0 Å². The van der Waals surface area contributed by atoms with Crippen LogP contribution in [0.4, 0.5) is 0 Å². The molecule has 1 amide bonds. The highest BCUT2D eigenvalue weighted by Gasteiger charge is 2.38. The number of carbonyl (C=O) groups is 2. The van der Waals surface area contributed by atoms with Gasteiger partial charge in [-0.15, -0.1) is 0 Å². The molecule has 0 bridgehead atoms. The molecule has 0 aliphatic carbocycles. The normalized spacial score (nSPS) is 16.6. The third-order valence-corrected chi connectivity index (χ3v) is 6.33. The van der Waals surface area contributed by atoms with Crippen molar-refractivity contribution >= 4 is 11.9 Å². The number of piperazine rings is 1. The van der Waals surface area contributed by atoms with Crippen molar-refractivity contribution in [2.45, 2.75) is 24.8 Å². The van der Waals surface area contributed by atoms with Crippen LogP contribution in [-0.2, 0) is 16.0 Å². The molecule has 0 saturated carbocycles. The minimum absolute atomic E-state index is 0.149. The summed E-state index contributed by atoms with van der Waals surface area (Å²) in [5.74, 6) is -1.61. The smallest absolute Gasteiger partial charge is 0.327 e. The molecule has 1 saturated heterocycles. The molecule has 1 aliphatic heterocycles. The van der Waals surface area contributed by atoms with Crippen molar-refractivity contribution in [3.8, 4) is 0 Å². The quantitative estimate of drug-likeness (QED) is 0.572. The van der Waals surface area contributed by atoms with E-state index >= 15 is 0 Å². The maximum atomic E-state index is 13.8. The molecule has 5 nitrogen and oxygen atoms in total. The van der Waals surface area contributed by atoms with E-state index in [0.717, 1.165) is 30.5 Å². The third kappa shape index (κ3) is 5.68. The Morgan fingerprint density at radius 3 is 1.91 bits per heavy atom. The van der Waals surface area contributed by atoms with E-state index < -0.39 is 17.9 Å². The van der Waals surface area contributed by atoms with Crippen LogP contribution in [0.15, 0.2) is 91.0 Å². The van der Waals surface area contributed by atoms with E-state index in [0.29, 0.717) is 19.6 Å². The summed E-state index contributed by atoms with van der Waals surface area (Å²) in [5.41, 5.74) is 3.04. The first-order chi connectivity index (χ1) is 16.1. The number of carbonyl (C=O) groups excluding carboxylic acids is 1. The van der Waals surface area contributed by atoms with Gasteiger partial charge in [-0.3, -0.25) is 9.69 Å². The Morgan fingerprint density at radius 2 is 1.36 bits per heavy atom. The van der Waals surface area contributed by atoms with E-state index in [1.165, 1.54) is 5.56 Å². The number of aryl methyl sites for hydroxylation is 1. The molecule has 1 heterocycles. The third-order valence-electron chi connectivity index (χ3n) is 6.33. The largest absolute Gasteiger partial charge is 0.480 e. The van der Waals surface area contributed by atoms with Gasteiger partial charge < -0.3 is 10.0 Å². The molecule has 1 fully saturated rings. The molecule has 1 aliphatic rings. The van der Waals surface area contributed by atoms with Crippen LogP contribution in [0.3, 0.4) is 0 Å². The monoisotopic (exact) mass is 442 g/mol. The van der Waals surface area contributed by atoms with Gasteiger partial charge in [-0.2, -0.15) is 0 Å².